The van der Waals surface area contributed by atoms with Gasteiger partial charge in [0.1, 0.15) is 0 Å². The van der Waals surface area contributed by atoms with Gasteiger partial charge in [0.25, 0.3) is 0 Å². The first-order valence-electron chi connectivity index (χ1n) is 6.33. The lowest BCUT2D eigenvalue weighted by molar-refractivity contribution is -0.185. The minimum atomic E-state index is -0.679. The molecule has 1 unspecified atom stereocenters. The van der Waals surface area contributed by atoms with E-state index < -0.39 is 17.7 Å². The lowest BCUT2D eigenvalue weighted by Gasteiger charge is -2.41. The van der Waals surface area contributed by atoms with Crippen molar-refractivity contribution in [1.29, 1.82) is 0 Å². The number of hydrogen-bond acceptors (Lipinski definition) is 6. The maximum absolute atomic E-state index is 11.7. The highest BCUT2D eigenvalue weighted by atomic mass is 16.6. The van der Waals surface area contributed by atoms with Crippen molar-refractivity contribution in [1.82, 2.24) is 4.90 Å². The van der Waals surface area contributed by atoms with E-state index in [1.807, 2.05) is 13.8 Å². The molecular formula is C13H21NO5. The second kappa shape index (κ2) is 7.25. The second-order valence-electron chi connectivity index (χ2n) is 4.41. The van der Waals surface area contributed by atoms with Gasteiger partial charge in [0.15, 0.2) is 5.72 Å². The molecule has 0 bridgehead atoms. The van der Waals surface area contributed by atoms with Gasteiger partial charge in [-0.05, 0) is 13.3 Å². The van der Waals surface area contributed by atoms with Crippen molar-refractivity contribution in [2.75, 3.05) is 33.4 Å². The van der Waals surface area contributed by atoms with Gasteiger partial charge in [-0.25, -0.2) is 9.59 Å². The molecule has 1 atom stereocenters. The summed E-state index contributed by atoms with van der Waals surface area (Å²) in [5.41, 5.74) is -0.679. The molecule has 1 rings (SSSR count). The summed E-state index contributed by atoms with van der Waals surface area (Å²) in [4.78, 5) is 24.7. The number of rotatable bonds is 5. The molecule has 0 N–H and O–H groups in total. The van der Waals surface area contributed by atoms with Crippen molar-refractivity contribution in [3.63, 3.8) is 0 Å². The highest BCUT2D eigenvalue weighted by Crippen LogP contribution is 2.22. The zero-order valence-electron chi connectivity index (χ0n) is 11.7. The summed E-state index contributed by atoms with van der Waals surface area (Å²) >= 11 is 0. The number of morpholine rings is 1. The molecule has 6 heteroatoms. The number of esters is 2. The smallest absolute Gasteiger partial charge is 0.332 e. The van der Waals surface area contributed by atoms with E-state index in [4.69, 9.17) is 9.47 Å². The number of hydrogen-bond donors (Lipinski definition) is 0. The first-order chi connectivity index (χ1) is 9.01. The van der Waals surface area contributed by atoms with Crippen LogP contribution in [0.4, 0.5) is 0 Å². The Hall–Kier alpha value is -1.40. The lowest BCUT2D eigenvalue weighted by atomic mass is 10.1. The Balaban J connectivity index is 2.61. The Morgan fingerprint density at radius 2 is 1.84 bits per heavy atom. The number of nitrogens with zero attached hydrogens (tertiary/aromatic N) is 1. The number of ether oxygens (including phenoxy) is 3. The summed E-state index contributed by atoms with van der Waals surface area (Å²) in [6.07, 6.45) is 2.79. The summed E-state index contributed by atoms with van der Waals surface area (Å²) in [5, 5.41) is 0. The largest absolute Gasteiger partial charge is 0.466 e. The molecule has 6 nitrogen and oxygen atoms in total. The average Bonchev–Trinajstić information content (AvgIpc) is 2.45. The Morgan fingerprint density at radius 1 is 1.26 bits per heavy atom. The molecule has 0 saturated carbocycles. The maximum atomic E-state index is 11.7. The molecule has 0 aromatic rings. The van der Waals surface area contributed by atoms with Crippen molar-refractivity contribution >= 4 is 11.9 Å². The van der Waals surface area contributed by atoms with Crippen LogP contribution >= 0.6 is 0 Å². The van der Waals surface area contributed by atoms with Crippen molar-refractivity contribution in [2.24, 2.45) is 0 Å². The zero-order chi connectivity index (χ0) is 14.3. The van der Waals surface area contributed by atoms with Crippen LogP contribution in [0.1, 0.15) is 20.3 Å². The second-order valence-corrected chi connectivity index (χ2v) is 4.41. The first kappa shape index (κ1) is 15.7. The molecule has 108 valence electrons. The molecule has 1 heterocycles. The van der Waals surface area contributed by atoms with Gasteiger partial charge < -0.3 is 14.2 Å². The van der Waals surface area contributed by atoms with E-state index in [9.17, 15) is 9.59 Å². The SMILES string of the molecule is CCC(C)(OC(=O)/C=C/C(=O)OC)N1CCOCC1. The fraction of sp³-hybridized carbons (Fsp3) is 0.692. The van der Waals surface area contributed by atoms with Crippen molar-refractivity contribution in [3.8, 4) is 0 Å². The molecule has 1 fully saturated rings. The summed E-state index contributed by atoms with van der Waals surface area (Å²) < 4.78 is 15.2. The van der Waals surface area contributed by atoms with Gasteiger partial charge in [-0.15, -0.1) is 0 Å². The van der Waals surface area contributed by atoms with Crippen LogP contribution in [0.2, 0.25) is 0 Å². The van der Waals surface area contributed by atoms with Gasteiger partial charge in [-0.2, -0.15) is 0 Å². The number of carbonyl (C=O) groups excluding carboxylic acids is 2. The lowest BCUT2D eigenvalue weighted by Crippen LogP contribution is -2.53. The average molecular weight is 271 g/mol. The molecule has 19 heavy (non-hydrogen) atoms. The third kappa shape index (κ3) is 4.65. The van der Waals surface area contributed by atoms with E-state index in [1.54, 1.807) is 0 Å². The fourth-order valence-electron chi connectivity index (χ4n) is 1.85. The maximum Gasteiger partial charge on any atom is 0.332 e. The molecule has 1 aliphatic rings. The van der Waals surface area contributed by atoms with Crippen molar-refractivity contribution in [2.45, 2.75) is 26.0 Å². The molecule has 0 radical (unpaired) electrons. The van der Waals surface area contributed by atoms with Crippen LogP contribution in [0.3, 0.4) is 0 Å². The Labute approximate surface area is 113 Å². The predicted octanol–water partition coefficient (Wildman–Crippen LogP) is 0.717. The van der Waals surface area contributed by atoms with Crippen LogP contribution in [0.5, 0.6) is 0 Å². The third-order valence-electron chi connectivity index (χ3n) is 3.21. The summed E-state index contributed by atoms with van der Waals surface area (Å²) in [7, 11) is 1.25. The zero-order valence-corrected chi connectivity index (χ0v) is 11.7. The van der Waals surface area contributed by atoms with Crippen LogP contribution in [-0.2, 0) is 23.8 Å². The monoisotopic (exact) mass is 271 g/mol. The Bertz CT molecular complexity index is 349. The van der Waals surface area contributed by atoms with Gasteiger partial charge in [0.05, 0.1) is 20.3 Å². The van der Waals surface area contributed by atoms with Gasteiger partial charge >= 0.3 is 11.9 Å². The van der Waals surface area contributed by atoms with Crippen LogP contribution in [0.25, 0.3) is 0 Å². The van der Waals surface area contributed by atoms with Crippen LogP contribution in [0, 0.1) is 0 Å². The van der Waals surface area contributed by atoms with E-state index in [2.05, 4.69) is 9.64 Å². The molecule has 0 aliphatic carbocycles. The van der Waals surface area contributed by atoms with E-state index in [0.29, 0.717) is 19.6 Å². The van der Waals surface area contributed by atoms with Crippen LogP contribution in [0.15, 0.2) is 12.2 Å². The topological polar surface area (TPSA) is 65.1 Å². The van der Waals surface area contributed by atoms with Gasteiger partial charge in [0.2, 0.25) is 0 Å². The predicted molar refractivity (Wildman–Crippen MR) is 68.3 cm³/mol. The minimum Gasteiger partial charge on any atom is -0.466 e. The Kier molecular flexibility index (Phi) is 5.98. The Morgan fingerprint density at radius 3 is 2.37 bits per heavy atom. The molecule has 0 aromatic heterocycles. The van der Waals surface area contributed by atoms with Crippen molar-refractivity contribution < 1.29 is 23.8 Å². The van der Waals surface area contributed by atoms with Crippen molar-refractivity contribution in [3.05, 3.63) is 12.2 Å². The van der Waals surface area contributed by atoms with E-state index in [-0.39, 0.29) is 0 Å². The summed E-state index contributed by atoms with van der Waals surface area (Å²) in [6.45, 7) is 6.52. The molecule has 1 saturated heterocycles. The molecule has 0 amide bonds. The molecular weight excluding hydrogens is 250 g/mol. The molecule has 0 aromatic carbocycles. The fourth-order valence-corrected chi connectivity index (χ4v) is 1.85. The number of carbonyl (C=O) groups is 2. The molecule has 1 aliphatic heterocycles. The summed E-state index contributed by atoms with van der Waals surface area (Å²) in [5.74, 6) is -1.14. The first-order valence-corrected chi connectivity index (χ1v) is 6.33. The highest BCUT2D eigenvalue weighted by molar-refractivity contribution is 5.91. The minimum absolute atomic E-state index is 0.554. The molecule has 0 spiro atoms. The third-order valence-corrected chi connectivity index (χ3v) is 3.21. The van der Waals surface area contributed by atoms with E-state index in [1.165, 1.54) is 7.11 Å². The van der Waals surface area contributed by atoms with Crippen LogP contribution < -0.4 is 0 Å². The van der Waals surface area contributed by atoms with Gasteiger partial charge in [-0.1, -0.05) is 6.92 Å². The standard InChI is InChI=1S/C13H21NO5/c1-4-13(2,14-7-9-18-10-8-14)19-12(16)6-5-11(15)17-3/h5-6H,4,7-10H2,1-3H3/b6-5+. The van der Waals surface area contributed by atoms with E-state index >= 15 is 0 Å². The summed E-state index contributed by atoms with van der Waals surface area (Å²) in [6, 6.07) is 0. The van der Waals surface area contributed by atoms with Gasteiger partial charge in [0, 0.05) is 25.2 Å². The number of methoxy groups -OCH3 is 1. The highest BCUT2D eigenvalue weighted by Gasteiger charge is 2.34. The van der Waals surface area contributed by atoms with Crippen LogP contribution in [-0.4, -0.2) is 56.0 Å². The normalized spacial score (nSPS) is 19.9. The quantitative estimate of drug-likeness (QED) is 0.542. The van der Waals surface area contributed by atoms with E-state index in [0.717, 1.165) is 25.2 Å². The van der Waals surface area contributed by atoms with Gasteiger partial charge in [-0.3, -0.25) is 4.90 Å².